The van der Waals surface area contributed by atoms with Gasteiger partial charge in [0.1, 0.15) is 0 Å². The highest BCUT2D eigenvalue weighted by atomic mass is 79.9. The summed E-state index contributed by atoms with van der Waals surface area (Å²) in [5, 5.41) is 11.2. The molecule has 0 spiro atoms. The Morgan fingerprint density at radius 2 is 2.11 bits per heavy atom. The minimum atomic E-state index is -0.508. The quantitative estimate of drug-likeness (QED) is 0.679. The molecule has 0 radical (unpaired) electrons. The molecule has 0 amide bonds. The van der Waals surface area contributed by atoms with E-state index in [2.05, 4.69) is 31.7 Å². The van der Waals surface area contributed by atoms with Crippen molar-refractivity contribution >= 4 is 27.3 Å². The molecule has 1 N–H and O–H groups in total. The number of rotatable bonds is 3. The molecule has 19 heavy (non-hydrogen) atoms. The highest BCUT2D eigenvalue weighted by Crippen LogP contribution is 2.31. The Bertz CT molecular complexity index is 487. The molecule has 2 rings (SSSR count). The maximum atomic E-state index is 10.4. The zero-order chi connectivity index (χ0) is 13.9. The summed E-state index contributed by atoms with van der Waals surface area (Å²) in [6.45, 7) is 10.8. The molecular weight excluding hydrogens is 304 g/mol. The van der Waals surface area contributed by atoms with Crippen LogP contribution in [0.2, 0.25) is 0 Å². The number of aryl methyl sites for hydroxylation is 1. The highest BCUT2D eigenvalue weighted by molar-refractivity contribution is 9.09. The maximum Gasteiger partial charge on any atom is 0.190 e. The predicted molar refractivity (Wildman–Crippen MR) is 82.2 cm³/mol. The van der Waals surface area contributed by atoms with E-state index in [1.54, 1.807) is 0 Å². The van der Waals surface area contributed by atoms with E-state index in [1.165, 1.54) is 0 Å². The Kier molecular flexibility index (Phi) is 4.49. The first kappa shape index (κ1) is 14.4. The van der Waals surface area contributed by atoms with Gasteiger partial charge in [0.2, 0.25) is 0 Å². The fourth-order valence-electron chi connectivity index (χ4n) is 2.57. The number of anilines is 1. The van der Waals surface area contributed by atoms with Crippen molar-refractivity contribution in [2.45, 2.75) is 31.8 Å². The maximum absolute atomic E-state index is 10.4. The van der Waals surface area contributed by atoms with E-state index in [9.17, 15) is 5.11 Å². The lowest BCUT2D eigenvalue weighted by molar-refractivity contribution is 0.0140. The molecule has 4 heteroatoms. The van der Waals surface area contributed by atoms with Gasteiger partial charge in [0, 0.05) is 24.1 Å². The van der Waals surface area contributed by atoms with E-state index < -0.39 is 5.60 Å². The van der Waals surface area contributed by atoms with E-state index >= 15 is 0 Å². The van der Waals surface area contributed by atoms with Gasteiger partial charge in [-0.15, -0.1) is 0 Å². The van der Waals surface area contributed by atoms with Crippen LogP contribution >= 0.6 is 15.9 Å². The van der Waals surface area contributed by atoms with Crippen LogP contribution in [0.4, 0.5) is 11.4 Å². The first-order valence-corrected chi connectivity index (χ1v) is 7.71. The number of halogens is 1. The van der Waals surface area contributed by atoms with Crippen LogP contribution in [0.25, 0.3) is 4.85 Å². The van der Waals surface area contributed by atoms with Gasteiger partial charge in [-0.05, 0) is 43.9 Å². The summed E-state index contributed by atoms with van der Waals surface area (Å²) in [7, 11) is 0. The zero-order valence-corrected chi connectivity index (χ0v) is 12.8. The number of alkyl halides is 1. The third-order valence-electron chi connectivity index (χ3n) is 3.92. The fourth-order valence-corrected chi connectivity index (χ4v) is 3.31. The second-order valence-corrected chi connectivity index (χ2v) is 6.03. The lowest BCUT2D eigenvalue weighted by atomic mass is 9.89. The summed E-state index contributed by atoms with van der Waals surface area (Å²) in [5.41, 5.74) is 2.39. The zero-order valence-electron chi connectivity index (χ0n) is 11.2. The third-order valence-corrected chi connectivity index (χ3v) is 4.32. The highest BCUT2D eigenvalue weighted by Gasteiger charge is 2.31. The van der Waals surface area contributed by atoms with Crippen molar-refractivity contribution in [1.29, 1.82) is 0 Å². The normalized spacial score (nSPS) is 18.1. The average Bonchev–Trinajstić information content (AvgIpc) is 2.39. The van der Waals surface area contributed by atoms with Crippen LogP contribution in [-0.2, 0) is 0 Å². The Hall–Kier alpha value is -1.05. The Balaban J connectivity index is 2.06. The molecule has 0 aliphatic carbocycles. The van der Waals surface area contributed by atoms with Crippen LogP contribution in [0.3, 0.4) is 0 Å². The van der Waals surface area contributed by atoms with Gasteiger partial charge >= 0.3 is 0 Å². The van der Waals surface area contributed by atoms with Crippen molar-refractivity contribution in [3.63, 3.8) is 0 Å². The third kappa shape index (κ3) is 3.29. The lowest BCUT2D eigenvalue weighted by Gasteiger charge is -2.39. The van der Waals surface area contributed by atoms with Gasteiger partial charge in [-0.25, -0.2) is 4.85 Å². The topological polar surface area (TPSA) is 27.8 Å². The van der Waals surface area contributed by atoms with Gasteiger partial charge in [-0.3, -0.25) is 0 Å². The van der Waals surface area contributed by atoms with Crippen LogP contribution in [0.5, 0.6) is 0 Å². The van der Waals surface area contributed by atoms with E-state index in [4.69, 9.17) is 6.57 Å². The standard InChI is InChI=1S/C15H19BrN2O/c1-12-11-13(3-4-14(12)17-2)18-9-6-15(19,5-8-16)7-10-18/h3-4,11,19H,5-10H2,1H3. The lowest BCUT2D eigenvalue weighted by Crippen LogP contribution is -2.44. The van der Waals surface area contributed by atoms with Crippen molar-refractivity contribution in [3.05, 3.63) is 35.2 Å². The summed E-state index contributed by atoms with van der Waals surface area (Å²) >= 11 is 3.40. The minimum absolute atomic E-state index is 0.508. The van der Waals surface area contributed by atoms with Gasteiger partial charge in [0.25, 0.3) is 0 Å². The molecule has 1 saturated heterocycles. The van der Waals surface area contributed by atoms with Gasteiger partial charge < -0.3 is 10.0 Å². The molecule has 102 valence electrons. The molecule has 1 aliphatic rings. The average molecular weight is 323 g/mol. The molecule has 0 saturated carbocycles. The molecular formula is C15H19BrN2O. The Morgan fingerprint density at radius 1 is 1.42 bits per heavy atom. The van der Waals surface area contributed by atoms with Crippen molar-refractivity contribution in [3.8, 4) is 0 Å². The monoisotopic (exact) mass is 322 g/mol. The van der Waals surface area contributed by atoms with Crippen molar-refractivity contribution in [2.75, 3.05) is 23.3 Å². The molecule has 0 aromatic heterocycles. The molecule has 1 aromatic carbocycles. The predicted octanol–water partition coefficient (Wildman–Crippen LogP) is 3.66. The van der Waals surface area contributed by atoms with Crippen LogP contribution in [0, 0.1) is 13.5 Å². The van der Waals surface area contributed by atoms with Crippen LogP contribution in [0.1, 0.15) is 24.8 Å². The largest absolute Gasteiger partial charge is 0.390 e. The molecule has 1 heterocycles. The molecule has 1 aromatic rings. The number of hydrogen-bond acceptors (Lipinski definition) is 2. The van der Waals surface area contributed by atoms with E-state index in [-0.39, 0.29) is 0 Å². The Morgan fingerprint density at radius 3 is 2.63 bits per heavy atom. The van der Waals surface area contributed by atoms with Gasteiger partial charge in [0.15, 0.2) is 5.69 Å². The number of benzene rings is 1. The second-order valence-electron chi connectivity index (χ2n) is 5.23. The number of aliphatic hydroxyl groups is 1. The summed E-state index contributed by atoms with van der Waals surface area (Å²) < 4.78 is 0. The summed E-state index contributed by atoms with van der Waals surface area (Å²) in [5.74, 6) is 0. The summed E-state index contributed by atoms with van der Waals surface area (Å²) in [6.07, 6.45) is 2.43. The summed E-state index contributed by atoms with van der Waals surface area (Å²) in [6, 6.07) is 5.97. The summed E-state index contributed by atoms with van der Waals surface area (Å²) in [4.78, 5) is 5.79. The SMILES string of the molecule is [C-]#[N+]c1ccc(N2CCC(O)(CCBr)CC2)cc1C. The molecule has 0 atom stereocenters. The molecule has 3 nitrogen and oxygen atoms in total. The number of nitrogens with zero attached hydrogens (tertiary/aromatic N) is 2. The fraction of sp³-hybridized carbons (Fsp3) is 0.533. The van der Waals surface area contributed by atoms with Crippen LogP contribution in [-0.4, -0.2) is 29.1 Å². The first-order valence-electron chi connectivity index (χ1n) is 6.59. The molecule has 1 aliphatic heterocycles. The first-order chi connectivity index (χ1) is 9.08. The molecule has 0 unspecified atom stereocenters. The minimum Gasteiger partial charge on any atom is -0.390 e. The van der Waals surface area contributed by atoms with Gasteiger partial charge in [-0.1, -0.05) is 22.0 Å². The van der Waals surface area contributed by atoms with E-state index in [0.717, 1.165) is 54.6 Å². The smallest absolute Gasteiger partial charge is 0.190 e. The molecule has 1 fully saturated rings. The van der Waals surface area contributed by atoms with Crippen LogP contribution < -0.4 is 4.90 Å². The van der Waals surface area contributed by atoms with E-state index in [0.29, 0.717) is 0 Å². The Labute approximate surface area is 123 Å². The van der Waals surface area contributed by atoms with Crippen molar-refractivity contribution < 1.29 is 5.11 Å². The van der Waals surface area contributed by atoms with Crippen molar-refractivity contribution in [1.82, 2.24) is 0 Å². The van der Waals surface area contributed by atoms with E-state index in [1.807, 2.05) is 19.1 Å². The number of hydrogen-bond donors (Lipinski definition) is 1. The van der Waals surface area contributed by atoms with Gasteiger partial charge in [-0.2, -0.15) is 0 Å². The van der Waals surface area contributed by atoms with Gasteiger partial charge in [0.05, 0.1) is 12.2 Å². The van der Waals surface area contributed by atoms with Crippen molar-refractivity contribution in [2.24, 2.45) is 0 Å². The molecule has 0 bridgehead atoms. The van der Waals surface area contributed by atoms with Crippen LogP contribution in [0.15, 0.2) is 18.2 Å². The number of piperidine rings is 1. The second kappa shape index (κ2) is 5.94.